The van der Waals surface area contributed by atoms with Crippen molar-refractivity contribution in [1.82, 2.24) is 9.78 Å². The Morgan fingerprint density at radius 3 is 3.05 bits per heavy atom. The van der Waals surface area contributed by atoms with E-state index in [4.69, 9.17) is 0 Å². The van der Waals surface area contributed by atoms with Crippen molar-refractivity contribution in [2.75, 3.05) is 17.6 Å². The zero-order chi connectivity index (χ0) is 13.8. The van der Waals surface area contributed by atoms with Crippen LogP contribution < -0.4 is 10.9 Å². The van der Waals surface area contributed by atoms with E-state index in [2.05, 4.69) is 40.2 Å². The minimum atomic E-state index is -0.0576. The maximum absolute atomic E-state index is 12.1. The lowest BCUT2D eigenvalue weighted by atomic mass is 10.2. The van der Waals surface area contributed by atoms with Crippen molar-refractivity contribution >= 4 is 33.4 Å². The molecule has 0 amide bonds. The van der Waals surface area contributed by atoms with Gasteiger partial charge in [0.15, 0.2) is 0 Å². The number of nitrogens with zero attached hydrogens (tertiary/aromatic N) is 2. The second-order valence-electron chi connectivity index (χ2n) is 5.27. The van der Waals surface area contributed by atoms with Crippen molar-refractivity contribution in [3.05, 3.63) is 21.0 Å². The third-order valence-electron chi connectivity index (χ3n) is 3.07. The Labute approximate surface area is 126 Å². The third-order valence-corrected chi connectivity index (χ3v) is 5.23. The Morgan fingerprint density at radius 1 is 1.63 bits per heavy atom. The molecule has 0 aromatic carbocycles. The Bertz CT molecular complexity index is 483. The van der Waals surface area contributed by atoms with Crippen LogP contribution in [0.25, 0.3) is 0 Å². The topological polar surface area (TPSA) is 46.9 Å². The van der Waals surface area contributed by atoms with Crippen LogP contribution >= 0.6 is 27.7 Å². The number of aromatic nitrogens is 2. The van der Waals surface area contributed by atoms with Gasteiger partial charge in [-0.2, -0.15) is 16.9 Å². The van der Waals surface area contributed by atoms with E-state index in [0.29, 0.717) is 22.2 Å². The number of nitrogens with one attached hydrogen (secondary N) is 1. The van der Waals surface area contributed by atoms with E-state index in [1.165, 1.54) is 23.3 Å². The van der Waals surface area contributed by atoms with Crippen molar-refractivity contribution in [2.24, 2.45) is 5.92 Å². The molecule has 1 atom stereocenters. The van der Waals surface area contributed by atoms with Crippen LogP contribution in [0.5, 0.6) is 0 Å². The molecule has 0 spiro atoms. The first-order valence-corrected chi connectivity index (χ1v) is 8.53. The van der Waals surface area contributed by atoms with Gasteiger partial charge in [0, 0.05) is 18.3 Å². The average molecular weight is 346 g/mol. The van der Waals surface area contributed by atoms with Gasteiger partial charge >= 0.3 is 0 Å². The van der Waals surface area contributed by atoms with Crippen LogP contribution in [0, 0.1) is 5.92 Å². The van der Waals surface area contributed by atoms with E-state index in [0.717, 1.165) is 12.2 Å². The van der Waals surface area contributed by atoms with Gasteiger partial charge in [-0.05, 0) is 40.4 Å². The molecule has 2 rings (SSSR count). The molecule has 6 heteroatoms. The molecule has 4 nitrogen and oxygen atoms in total. The van der Waals surface area contributed by atoms with E-state index in [-0.39, 0.29) is 5.56 Å². The summed E-state index contributed by atoms with van der Waals surface area (Å²) < 4.78 is 2.11. The quantitative estimate of drug-likeness (QED) is 0.891. The van der Waals surface area contributed by atoms with Crippen molar-refractivity contribution in [2.45, 2.75) is 38.5 Å². The molecule has 1 aliphatic heterocycles. The molecule has 106 valence electrons. The molecule has 0 bridgehead atoms. The van der Waals surface area contributed by atoms with E-state index in [9.17, 15) is 4.79 Å². The lowest BCUT2D eigenvalue weighted by Gasteiger charge is -2.14. The first kappa shape index (κ1) is 14.9. The highest BCUT2D eigenvalue weighted by atomic mass is 79.9. The molecule has 1 unspecified atom stereocenters. The predicted molar refractivity (Wildman–Crippen MR) is 85.0 cm³/mol. The molecule has 0 saturated carbocycles. The second-order valence-corrected chi connectivity index (χ2v) is 7.47. The summed E-state index contributed by atoms with van der Waals surface area (Å²) in [5.41, 5.74) is 0.746. The number of rotatable bonds is 5. The average Bonchev–Trinajstić information content (AvgIpc) is 2.87. The summed E-state index contributed by atoms with van der Waals surface area (Å²) in [6.45, 7) is 5.70. The molecule has 0 aliphatic carbocycles. The Balaban J connectivity index is 2.05. The highest BCUT2D eigenvalue weighted by Crippen LogP contribution is 2.27. The summed E-state index contributed by atoms with van der Waals surface area (Å²) in [4.78, 5) is 12.1. The van der Waals surface area contributed by atoms with Crippen molar-refractivity contribution in [1.29, 1.82) is 0 Å². The molecule has 0 radical (unpaired) electrons. The fourth-order valence-corrected chi connectivity index (χ4v) is 3.74. The number of anilines is 1. The standard InChI is InChI=1S/C13H20BrN3OS/c1-9(2)8-17-13(18)12(14)11(7-16-17)15-6-10-4-3-5-19-10/h7,9-10,15H,3-6,8H2,1-2H3. The summed E-state index contributed by atoms with van der Waals surface area (Å²) in [6.07, 6.45) is 4.30. The number of halogens is 1. The highest BCUT2D eigenvalue weighted by molar-refractivity contribution is 9.10. The second kappa shape index (κ2) is 6.79. The zero-order valence-electron chi connectivity index (χ0n) is 11.4. The zero-order valence-corrected chi connectivity index (χ0v) is 13.8. The van der Waals surface area contributed by atoms with Crippen molar-refractivity contribution in [3.8, 4) is 0 Å². The van der Waals surface area contributed by atoms with Crippen LogP contribution in [-0.4, -0.2) is 27.3 Å². The minimum absolute atomic E-state index is 0.0576. The van der Waals surface area contributed by atoms with Gasteiger partial charge in [-0.3, -0.25) is 4.79 Å². The van der Waals surface area contributed by atoms with E-state index in [1.54, 1.807) is 6.20 Å². The Morgan fingerprint density at radius 2 is 2.42 bits per heavy atom. The van der Waals surface area contributed by atoms with Crippen molar-refractivity contribution < 1.29 is 0 Å². The molecule has 1 N–H and O–H groups in total. The molecular weight excluding hydrogens is 326 g/mol. The van der Waals surface area contributed by atoms with Gasteiger partial charge in [-0.1, -0.05) is 13.8 Å². The van der Waals surface area contributed by atoms with Gasteiger partial charge in [0.1, 0.15) is 4.47 Å². The van der Waals surface area contributed by atoms with Gasteiger partial charge in [-0.25, -0.2) is 4.68 Å². The minimum Gasteiger partial charge on any atom is -0.382 e. The first-order valence-electron chi connectivity index (χ1n) is 6.69. The number of hydrogen-bond donors (Lipinski definition) is 1. The van der Waals surface area contributed by atoms with Gasteiger partial charge in [-0.15, -0.1) is 0 Å². The monoisotopic (exact) mass is 345 g/mol. The summed E-state index contributed by atoms with van der Waals surface area (Å²) in [7, 11) is 0. The molecule has 2 heterocycles. The molecular formula is C13H20BrN3OS. The van der Waals surface area contributed by atoms with Crippen LogP contribution in [0.15, 0.2) is 15.5 Å². The fraction of sp³-hybridized carbons (Fsp3) is 0.692. The van der Waals surface area contributed by atoms with E-state index in [1.807, 2.05) is 11.8 Å². The molecule has 1 aromatic rings. The maximum Gasteiger partial charge on any atom is 0.283 e. The van der Waals surface area contributed by atoms with Crippen LogP contribution in [0.2, 0.25) is 0 Å². The SMILES string of the molecule is CC(C)Cn1ncc(NCC2CCCS2)c(Br)c1=O. The molecule has 1 saturated heterocycles. The highest BCUT2D eigenvalue weighted by Gasteiger charge is 2.16. The molecule has 19 heavy (non-hydrogen) atoms. The van der Waals surface area contributed by atoms with Crippen LogP contribution in [0.1, 0.15) is 26.7 Å². The third kappa shape index (κ3) is 3.99. The number of thioether (sulfide) groups is 1. The van der Waals surface area contributed by atoms with Gasteiger partial charge < -0.3 is 5.32 Å². The lowest BCUT2D eigenvalue weighted by molar-refractivity contribution is 0.462. The Hall–Kier alpha value is -0.490. The predicted octanol–water partition coefficient (Wildman–Crippen LogP) is 2.97. The molecule has 1 fully saturated rings. The summed E-state index contributed by atoms with van der Waals surface area (Å²) in [6, 6.07) is 0. The van der Waals surface area contributed by atoms with Gasteiger partial charge in [0.2, 0.25) is 0 Å². The summed E-state index contributed by atoms with van der Waals surface area (Å²) in [5, 5.41) is 8.22. The largest absolute Gasteiger partial charge is 0.382 e. The Kier molecular flexibility index (Phi) is 5.33. The van der Waals surface area contributed by atoms with Gasteiger partial charge in [0.25, 0.3) is 5.56 Å². The summed E-state index contributed by atoms with van der Waals surface area (Å²) >= 11 is 5.39. The van der Waals surface area contributed by atoms with Crippen LogP contribution in [0.4, 0.5) is 5.69 Å². The molecule has 1 aromatic heterocycles. The lowest BCUT2D eigenvalue weighted by Crippen LogP contribution is -2.27. The van der Waals surface area contributed by atoms with Crippen molar-refractivity contribution in [3.63, 3.8) is 0 Å². The maximum atomic E-state index is 12.1. The molecule has 1 aliphatic rings. The van der Waals surface area contributed by atoms with E-state index >= 15 is 0 Å². The van der Waals surface area contributed by atoms with Gasteiger partial charge in [0.05, 0.1) is 11.9 Å². The van der Waals surface area contributed by atoms with Crippen LogP contribution in [0.3, 0.4) is 0 Å². The smallest absolute Gasteiger partial charge is 0.283 e. The van der Waals surface area contributed by atoms with E-state index < -0.39 is 0 Å². The fourth-order valence-electron chi connectivity index (χ4n) is 2.09. The summed E-state index contributed by atoms with van der Waals surface area (Å²) in [5.74, 6) is 1.66. The normalized spacial score (nSPS) is 19.1. The van der Waals surface area contributed by atoms with Crippen LogP contribution in [-0.2, 0) is 6.54 Å². The number of hydrogen-bond acceptors (Lipinski definition) is 4. The first-order chi connectivity index (χ1) is 9.08.